The average Bonchev–Trinajstić information content (AvgIpc) is 2.63. The second kappa shape index (κ2) is 7.96. The third-order valence-electron chi connectivity index (χ3n) is 3.53. The maximum Gasteiger partial charge on any atom is 0.264 e. The van der Waals surface area contributed by atoms with E-state index in [9.17, 15) is 13.2 Å². The van der Waals surface area contributed by atoms with E-state index in [1.54, 1.807) is 30.3 Å². The molecule has 0 atom stereocenters. The van der Waals surface area contributed by atoms with E-state index in [4.69, 9.17) is 23.2 Å². The fraction of sp³-hybridized carbons (Fsp3) is 0. The van der Waals surface area contributed by atoms with E-state index in [2.05, 4.69) is 15.0 Å². The number of halogens is 2. The van der Waals surface area contributed by atoms with Crippen LogP contribution in [0.15, 0.2) is 71.9 Å². The number of amides is 1. The summed E-state index contributed by atoms with van der Waals surface area (Å²) < 4.78 is 27.5. The van der Waals surface area contributed by atoms with Crippen molar-refractivity contribution < 1.29 is 13.2 Å². The van der Waals surface area contributed by atoms with E-state index in [0.29, 0.717) is 16.9 Å². The Labute approximate surface area is 166 Å². The van der Waals surface area contributed by atoms with Crippen molar-refractivity contribution in [3.8, 4) is 0 Å². The molecule has 0 aliphatic carbocycles. The Kier molecular flexibility index (Phi) is 5.65. The molecule has 0 bridgehead atoms. The highest BCUT2D eigenvalue weighted by Gasteiger charge is 2.21. The normalized spacial score (nSPS) is 11.0. The van der Waals surface area contributed by atoms with Gasteiger partial charge in [-0.1, -0.05) is 29.3 Å². The van der Waals surface area contributed by atoms with Gasteiger partial charge in [-0.3, -0.25) is 14.5 Å². The van der Waals surface area contributed by atoms with Crippen LogP contribution in [0.2, 0.25) is 10.0 Å². The number of pyridine rings is 1. The molecule has 2 N–H and O–H groups in total. The first-order valence-electron chi connectivity index (χ1n) is 7.65. The maximum absolute atomic E-state index is 12.5. The fourth-order valence-electron chi connectivity index (χ4n) is 2.27. The number of carbonyl (C=O) groups excluding carboxylic acids is 1. The number of sulfonamides is 1. The minimum atomic E-state index is -3.96. The summed E-state index contributed by atoms with van der Waals surface area (Å²) in [6.07, 6.45) is 3.04. The summed E-state index contributed by atoms with van der Waals surface area (Å²) in [6.45, 7) is 0. The first kappa shape index (κ1) is 19.2. The van der Waals surface area contributed by atoms with Crippen LogP contribution in [0.1, 0.15) is 10.4 Å². The molecule has 0 aliphatic heterocycles. The highest BCUT2D eigenvalue weighted by Crippen LogP contribution is 2.30. The minimum absolute atomic E-state index is 0.0243. The highest BCUT2D eigenvalue weighted by atomic mass is 35.5. The molecule has 0 saturated heterocycles. The van der Waals surface area contributed by atoms with Gasteiger partial charge in [-0.25, -0.2) is 8.42 Å². The quantitative estimate of drug-likeness (QED) is 0.636. The second-order valence-electron chi connectivity index (χ2n) is 5.42. The van der Waals surface area contributed by atoms with Crippen LogP contribution < -0.4 is 10.0 Å². The number of hydrogen-bond acceptors (Lipinski definition) is 4. The molecule has 1 heterocycles. The van der Waals surface area contributed by atoms with Crippen molar-refractivity contribution in [1.29, 1.82) is 0 Å². The number of aromatic nitrogens is 1. The van der Waals surface area contributed by atoms with Crippen molar-refractivity contribution in [1.82, 2.24) is 4.98 Å². The van der Waals surface area contributed by atoms with Gasteiger partial charge >= 0.3 is 0 Å². The van der Waals surface area contributed by atoms with Gasteiger partial charge in [-0.2, -0.15) is 0 Å². The van der Waals surface area contributed by atoms with Crippen LogP contribution in [-0.2, 0) is 10.0 Å². The third-order valence-corrected chi connectivity index (χ3v) is 5.86. The molecular formula is C18H13Cl2N3O3S. The van der Waals surface area contributed by atoms with Crippen LogP contribution in [-0.4, -0.2) is 19.3 Å². The Hall–Kier alpha value is -2.61. The zero-order valence-electron chi connectivity index (χ0n) is 13.7. The van der Waals surface area contributed by atoms with E-state index < -0.39 is 10.0 Å². The molecule has 138 valence electrons. The number of nitrogens with one attached hydrogen (secondary N) is 2. The SMILES string of the molecule is O=C(Nc1ccc(NS(=O)(=O)c2c(Cl)cccc2Cl)cc1)c1ccncc1. The minimum Gasteiger partial charge on any atom is -0.322 e. The topological polar surface area (TPSA) is 88.2 Å². The summed E-state index contributed by atoms with van der Waals surface area (Å²) in [5.41, 5.74) is 1.27. The van der Waals surface area contributed by atoms with Crippen molar-refractivity contribution in [2.24, 2.45) is 0 Å². The smallest absolute Gasteiger partial charge is 0.264 e. The Bertz CT molecular complexity index is 1050. The molecular weight excluding hydrogens is 409 g/mol. The molecule has 9 heteroatoms. The first-order chi connectivity index (χ1) is 12.9. The van der Waals surface area contributed by atoms with Gasteiger partial charge in [0.1, 0.15) is 4.90 Å². The molecule has 0 radical (unpaired) electrons. The van der Waals surface area contributed by atoms with Crippen LogP contribution in [0.25, 0.3) is 0 Å². The standard InChI is InChI=1S/C18H13Cl2N3O3S/c19-15-2-1-3-16(20)17(15)27(25,26)23-14-6-4-13(5-7-14)22-18(24)12-8-10-21-11-9-12/h1-11,23H,(H,22,24). The summed E-state index contributed by atoms with van der Waals surface area (Å²) in [5, 5.41) is 2.76. The number of benzene rings is 2. The third kappa shape index (κ3) is 4.57. The van der Waals surface area contributed by atoms with Crippen molar-refractivity contribution in [2.75, 3.05) is 10.0 Å². The van der Waals surface area contributed by atoms with E-state index in [-0.39, 0.29) is 20.8 Å². The van der Waals surface area contributed by atoms with Crippen LogP contribution in [0.4, 0.5) is 11.4 Å². The number of nitrogens with zero attached hydrogens (tertiary/aromatic N) is 1. The van der Waals surface area contributed by atoms with Crippen molar-refractivity contribution >= 4 is 50.5 Å². The molecule has 1 amide bonds. The van der Waals surface area contributed by atoms with Gasteiger partial charge in [0.15, 0.2) is 0 Å². The number of carbonyl (C=O) groups is 1. The van der Waals surface area contributed by atoms with Gasteiger partial charge in [-0.15, -0.1) is 0 Å². The fourth-order valence-corrected chi connectivity index (χ4v) is 4.48. The Morgan fingerprint density at radius 3 is 2.00 bits per heavy atom. The Balaban J connectivity index is 1.75. The zero-order valence-corrected chi connectivity index (χ0v) is 16.0. The van der Waals surface area contributed by atoms with Crippen LogP contribution >= 0.6 is 23.2 Å². The average molecular weight is 422 g/mol. The summed E-state index contributed by atoms with van der Waals surface area (Å²) in [5.74, 6) is -0.298. The van der Waals surface area contributed by atoms with Crippen molar-refractivity contribution in [2.45, 2.75) is 4.90 Å². The van der Waals surface area contributed by atoms with Gasteiger partial charge in [0.05, 0.1) is 10.0 Å². The number of anilines is 2. The molecule has 0 unspecified atom stereocenters. The largest absolute Gasteiger partial charge is 0.322 e. The molecule has 0 aliphatic rings. The summed E-state index contributed by atoms with van der Waals surface area (Å²) >= 11 is 11.9. The molecule has 27 heavy (non-hydrogen) atoms. The van der Waals surface area contributed by atoms with Crippen LogP contribution in [0.5, 0.6) is 0 Å². The van der Waals surface area contributed by atoms with Crippen LogP contribution in [0, 0.1) is 0 Å². The monoisotopic (exact) mass is 421 g/mol. The lowest BCUT2D eigenvalue weighted by molar-refractivity contribution is 0.102. The molecule has 2 aromatic carbocycles. The molecule has 1 aromatic heterocycles. The van der Waals surface area contributed by atoms with Gasteiger partial charge < -0.3 is 5.32 Å². The summed E-state index contributed by atoms with van der Waals surface area (Å²) in [7, 11) is -3.96. The second-order valence-corrected chi connectivity index (χ2v) is 7.86. The van der Waals surface area contributed by atoms with Crippen molar-refractivity contribution in [3.05, 3.63) is 82.6 Å². The molecule has 0 saturated carbocycles. The predicted molar refractivity (Wildman–Crippen MR) is 106 cm³/mol. The van der Waals surface area contributed by atoms with Gasteiger partial charge in [0, 0.05) is 29.3 Å². The molecule has 3 aromatic rings. The van der Waals surface area contributed by atoms with Gasteiger partial charge in [-0.05, 0) is 48.5 Å². The Morgan fingerprint density at radius 1 is 0.852 bits per heavy atom. The predicted octanol–water partition coefficient (Wildman–Crippen LogP) is 4.44. The van der Waals surface area contributed by atoms with Gasteiger partial charge in [0.2, 0.25) is 0 Å². The lowest BCUT2D eigenvalue weighted by atomic mass is 10.2. The molecule has 0 spiro atoms. The van der Waals surface area contributed by atoms with E-state index >= 15 is 0 Å². The number of rotatable bonds is 5. The Morgan fingerprint density at radius 2 is 1.41 bits per heavy atom. The van der Waals surface area contributed by atoms with E-state index in [0.717, 1.165) is 0 Å². The van der Waals surface area contributed by atoms with Gasteiger partial charge in [0.25, 0.3) is 15.9 Å². The summed E-state index contributed by atoms with van der Waals surface area (Å²) in [4.78, 5) is 15.8. The molecule has 3 rings (SSSR count). The maximum atomic E-state index is 12.5. The lowest BCUT2D eigenvalue weighted by Gasteiger charge is -2.12. The molecule has 6 nitrogen and oxygen atoms in total. The highest BCUT2D eigenvalue weighted by molar-refractivity contribution is 7.93. The first-order valence-corrected chi connectivity index (χ1v) is 9.89. The zero-order chi connectivity index (χ0) is 19.4. The van der Waals surface area contributed by atoms with E-state index in [1.165, 1.54) is 36.7 Å². The summed E-state index contributed by atoms with van der Waals surface area (Å²) in [6, 6.07) is 13.8. The van der Waals surface area contributed by atoms with Crippen molar-refractivity contribution in [3.63, 3.8) is 0 Å². The lowest BCUT2D eigenvalue weighted by Crippen LogP contribution is -2.14. The van der Waals surface area contributed by atoms with E-state index in [1.807, 2.05) is 0 Å². The molecule has 0 fully saturated rings. The number of hydrogen-bond donors (Lipinski definition) is 2. The van der Waals surface area contributed by atoms with Crippen LogP contribution in [0.3, 0.4) is 0 Å².